The van der Waals surface area contributed by atoms with Crippen molar-refractivity contribution in [2.45, 2.75) is 19.4 Å². The van der Waals surface area contributed by atoms with Gasteiger partial charge >= 0.3 is 0 Å². The monoisotopic (exact) mass is 301 g/mol. The van der Waals surface area contributed by atoms with Crippen molar-refractivity contribution < 1.29 is 9.59 Å². The van der Waals surface area contributed by atoms with Gasteiger partial charge in [-0.15, -0.1) is 11.3 Å². The lowest BCUT2D eigenvalue weighted by Gasteiger charge is -2.25. The van der Waals surface area contributed by atoms with Gasteiger partial charge in [0.2, 0.25) is 5.91 Å². The van der Waals surface area contributed by atoms with Crippen molar-refractivity contribution in [1.82, 2.24) is 10.3 Å². The molecule has 1 unspecified atom stereocenters. The van der Waals surface area contributed by atoms with Crippen molar-refractivity contribution in [1.29, 1.82) is 0 Å². The molecule has 1 atom stereocenters. The van der Waals surface area contributed by atoms with E-state index in [0.717, 1.165) is 18.5 Å². The highest BCUT2D eigenvalue weighted by Crippen LogP contribution is 2.24. The van der Waals surface area contributed by atoms with Crippen LogP contribution in [0.4, 0.5) is 5.13 Å². The second-order valence-corrected chi connectivity index (χ2v) is 5.78. The Kier molecular flexibility index (Phi) is 3.81. The van der Waals surface area contributed by atoms with Gasteiger partial charge in [-0.25, -0.2) is 4.98 Å². The fourth-order valence-electron chi connectivity index (χ4n) is 2.41. The molecule has 0 spiro atoms. The third-order valence-electron chi connectivity index (χ3n) is 3.47. The molecule has 2 N–H and O–H groups in total. The Hall–Kier alpha value is -2.05. The summed E-state index contributed by atoms with van der Waals surface area (Å²) in [6.45, 7) is 2.23. The Morgan fingerprint density at radius 3 is 2.95 bits per heavy atom. The average molecular weight is 301 g/mol. The molecule has 2 aromatic rings. The van der Waals surface area contributed by atoms with E-state index >= 15 is 0 Å². The molecule has 3 rings (SSSR count). The summed E-state index contributed by atoms with van der Waals surface area (Å²) in [6, 6.07) is 7.56. The van der Waals surface area contributed by atoms with E-state index in [2.05, 4.69) is 15.6 Å². The molecule has 0 saturated heterocycles. The highest BCUT2D eigenvalue weighted by Gasteiger charge is 2.26. The first kappa shape index (κ1) is 13.9. The third kappa shape index (κ3) is 2.86. The Morgan fingerprint density at radius 1 is 1.38 bits per heavy atom. The first-order chi connectivity index (χ1) is 10.1. The lowest BCUT2D eigenvalue weighted by atomic mass is 9.94. The number of nitrogens with one attached hydrogen (secondary N) is 2. The van der Waals surface area contributed by atoms with Crippen LogP contribution in [-0.4, -0.2) is 23.2 Å². The largest absolute Gasteiger partial charge is 0.302 e. The predicted molar refractivity (Wildman–Crippen MR) is 81.6 cm³/mol. The summed E-state index contributed by atoms with van der Waals surface area (Å²) in [7, 11) is 0. The number of fused-ring (bicyclic) bond motifs is 1. The van der Waals surface area contributed by atoms with Crippen molar-refractivity contribution in [3.8, 4) is 0 Å². The Labute approximate surface area is 126 Å². The van der Waals surface area contributed by atoms with Gasteiger partial charge in [-0.05, 0) is 17.5 Å². The van der Waals surface area contributed by atoms with Crippen molar-refractivity contribution in [3.63, 3.8) is 0 Å². The maximum absolute atomic E-state index is 12.4. The summed E-state index contributed by atoms with van der Waals surface area (Å²) in [6.07, 6.45) is 0.922. The van der Waals surface area contributed by atoms with Crippen LogP contribution >= 0.6 is 11.3 Å². The Morgan fingerprint density at radius 2 is 2.19 bits per heavy atom. The molecule has 0 fully saturated rings. The SMILES string of the molecule is CC(=O)c1csc(NC(=O)C2NCCc3ccccc32)n1. The van der Waals surface area contributed by atoms with Gasteiger partial charge in [0, 0.05) is 18.8 Å². The third-order valence-corrected chi connectivity index (χ3v) is 4.22. The highest BCUT2D eigenvalue weighted by molar-refractivity contribution is 7.14. The molecular formula is C15H15N3O2S. The molecular weight excluding hydrogens is 286 g/mol. The van der Waals surface area contributed by atoms with Crippen LogP contribution in [0.15, 0.2) is 29.6 Å². The highest BCUT2D eigenvalue weighted by atomic mass is 32.1. The van der Waals surface area contributed by atoms with Crippen LogP contribution in [0.3, 0.4) is 0 Å². The van der Waals surface area contributed by atoms with Gasteiger partial charge in [-0.2, -0.15) is 0 Å². The van der Waals surface area contributed by atoms with Crippen LogP contribution in [0.5, 0.6) is 0 Å². The predicted octanol–water partition coefficient (Wildman–Crippen LogP) is 2.17. The van der Waals surface area contributed by atoms with Crippen molar-refractivity contribution >= 4 is 28.2 Å². The van der Waals surface area contributed by atoms with Crippen LogP contribution in [0.1, 0.15) is 34.6 Å². The maximum Gasteiger partial charge on any atom is 0.247 e. The fourth-order valence-corrected chi connectivity index (χ4v) is 3.16. The summed E-state index contributed by atoms with van der Waals surface area (Å²) >= 11 is 1.26. The van der Waals surface area contributed by atoms with E-state index in [1.54, 1.807) is 5.38 Å². The number of Topliss-reactive ketones (excluding diaryl/α,β-unsaturated/α-hetero) is 1. The van der Waals surface area contributed by atoms with Crippen molar-refractivity contribution in [3.05, 3.63) is 46.5 Å². The molecule has 0 aliphatic carbocycles. The standard InChI is InChI=1S/C15H15N3O2S/c1-9(19)12-8-21-15(17-12)18-14(20)13-11-5-3-2-4-10(11)6-7-16-13/h2-5,8,13,16H,6-7H2,1H3,(H,17,18,20). The maximum atomic E-state index is 12.4. The molecule has 1 aromatic heterocycles. The summed E-state index contributed by atoms with van der Waals surface area (Å²) in [5.41, 5.74) is 2.58. The number of ketones is 1. The summed E-state index contributed by atoms with van der Waals surface area (Å²) in [5, 5.41) is 8.11. The number of rotatable bonds is 3. The number of amides is 1. The Bertz CT molecular complexity index is 696. The van der Waals surface area contributed by atoms with E-state index in [-0.39, 0.29) is 17.7 Å². The zero-order valence-electron chi connectivity index (χ0n) is 11.6. The van der Waals surface area contributed by atoms with Gasteiger partial charge in [-0.3, -0.25) is 9.59 Å². The van der Waals surface area contributed by atoms with Gasteiger partial charge in [0.05, 0.1) is 0 Å². The smallest absolute Gasteiger partial charge is 0.247 e. The van der Waals surface area contributed by atoms with Gasteiger partial charge in [0.15, 0.2) is 10.9 Å². The van der Waals surface area contributed by atoms with Gasteiger partial charge < -0.3 is 10.6 Å². The van der Waals surface area contributed by atoms with Crippen LogP contribution in [-0.2, 0) is 11.2 Å². The van der Waals surface area contributed by atoms with Gasteiger partial charge in [0.1, 0.15) is 11.7 Å². The first-order valence-electron chi connectivity index (χ1n) is 6.73. The number of hydrogen-bond donors (Lipinski definition) is 2. The normalized spacial score (nSPS) is 17.1. The second-order valence-electron chi connectivity index (χ2n) is 4.92. The van der Waals surface area contributed by atoms with Gasteiger partial charge in [0.25, 0.3) is 0 Å². The zero-order chi connectivity index (χ0) is 14.8. The molecule has 0 bridgehead atoms. The zero-order valence-corrected chi connectivity index (χ0v) is 12.4. The van der Waals surface area contributed by atoms with Crippen LogP contribution in [0.25, 0.3) is 0 Å². The topological polar surface area (TPSA) is 71.1 Å². The molecule has 1 aliphatic rings. The molecule has 6 heteroatoms. The summed E-state index contributed by atoms with van der Waals surface area (Å²) in [5.74, 6) is -0.250. The quantitative estimate of drug-likeness (QED) is 0.852. The number of thiazole rings is 1. The van der Waals surface area contributed by atoms with Crippen molar-refractivity contribution in [2.75, 3.05) is 11.9 Å². The number of benzene rings is 1. The molecule has 1 amide bonds. The van der Waals surface area contributed by atoms with Crippen molar-refractivity contribution in [2.24, 2.45) is 0 Å². The number of carbonyl (C=O) groups excluding carboxylic acids is 2. The minimum absolute atomic E-state index is 0.104. The summed E-state index contributed by atoms with van der Waals surface area (Å²) in [4.78, 5) is 27.8. The average Bonchev–Trinajstić information content (AvgIpc) is 2.95. The number of carbonyl (C=O) groups is 2. The number of hydrogen-bond acceptors (Lipinski definition) is 5. The number of aromatic nitrogens is 1. The van der Waals surface area contributed by atoms with E-state index in [1.165, 1.54) is 23.8 Å². The molecule has 108 valence electrons. The molecule has 0 saturated carbocycles. The molecule has 1 aromatic carbocycles. The summed E-state index contributed by atoms with van der Waals surface area (Å²) < 4.78 is 0. The number of anilines is 1. The van der Waals surface area contributed by atoms with E-state index in [1.807, 2.05) is 24.3 Å². The lowest BCUT2D eigenvalue weighted by Crippen LogP contribution is -2.38. The van der Waals surface area contributed by atoms with Crippen LogP contribution in [0.2, 0.25) is 0 Å². The van der Waals surface area contributed by atoms with E-state index in [9.17, 15) is 9.59 Å². The van der Waals surface area contributed by atoms with E-state index in [4.69, 9.17) is 0 Å². The minimum atomic E-state index is -0.375. The first-order valence-corrected chi connectivity index (χ1v) is 7.61. The number of nitrogens with zero attached hydrogens (tertiary/aromatic N) is 1. The second kappa shape index (κ2) is 5.75. The van der Waals surface area contributed by atoms with E-state index in [0.29, 0.717) is 10.8 Å². The van der Waals surface area contributed by atoms with Crippen LogP contribution < -0.4 is 10.6 Å². The van der Waals surface area contributed by atoms with Gasteiger partial charge in [-0.1, -0.05) is 24.3 Å². The molecule has 21 heavy (non-hydrogen) atoms. The lowest BCUT2D eigenvalue weighted by molar-refractivity contribution is -0.118. The van der Waals surface area contributed by atoms with E-state index < -0.39 is 0 Å². The molecule has 0 radical (unpaired) electrons. The molecule has 1 aliphatic heterocycles. The molecule has 5 nitrogen and oxygen atoms in total. The minimum Gasteiger partial charge on any atom is -0.302 e. The van der Waals surface area contributed by atoms with Crippen LogP contribution in [0, 0.1) is 0 Å². The Balaban J connectivity index is 1.78. The fraction of sp³-hybridized carbons (Fsp3) is 0.267. The molecule has 2 heterocycles.